The second-order valence-electron chi connectivity index (χ2n) is 3.46. The van der Waals surface area contributed by atoms with E-state index in [2.05, 4.69) is 15.3 Å². The molecule has 0 unspecified atom stereocenters. The van der Waals surface area contributed by atoms with Crippen LogP contribution in [-0.2, 0) is 12.7 Å². The van der Waals surface area contributed by atoms with Crippen LogP contribution < -0.4 is 5.32 Å². The van der Waals surface area contributed by atoms with Gasteiger partial charge < -0.3 is 10.3 Å². The van der Waals surface area contributed by atoms with E-state index in [1.165, 1.54) is 12.1 Å². The lowest BCUT2D eigenvalue weighted by molar-refractivity contribution is -0.137. The molecule has 0 atom stereocenters. The Labute approximate surface area is 95.7 Å². The molecule has 0 aliphatic carbocycles. The summed E-state index contributed by atoms with van der Waals surface area (Å²) in [7, 11) is 0. The van der Waals surface area contributed by atoms with Gasteiger partial charge in [-0.3, -0.25) is 0 Å². The van der Waals surface area contributed by atoms with Crippen molar-refractivity contribution in [3.63, 3.8) is 0 Å². The third kappa shape index (κ3) is 2.99. The lowest BCUT2D eigenvalue weighted by Crippen LogP contribution is -2.05. The number of aromatic amines is 1. The second-order valence-corrected chi connectivity index (χ2v) is 3.46. The average Bonchev–Trinajstić information content (AvgIpc) is 2.78. The number of benzene rings is 1. The van der Waals surface area contributed by atoms with Crippen molar-refractivity contribution in [2.45, 2.75) is 12.7 Å². The molecule has 2 rings (SSSR count). The summed E-state index contributed by atoms with van der Waals surface area (Å²) in [6.07, 6.45) is -0.993. The molecule has 2 aromatic rings. The molecule has 2 N–H and O–H groups in total. The Balaban J connectivity index is 1.99. The number of imidazole rings is 1. The molecule has 17 heavy (non-hydrogen) atoms. The lowest BCUT2D eigenvalue weighted by atomic mass is 10.2. The summed E-state index contributed by atoms with van der Waals surface area (Å²) < 4.78 is 36.9. The molecule has 0 amide bonds. The van der Waals surface area contributed by atoms with E-state index in [-0.39, 0.29) is 0 Å². The van der Waals surface area contributed by atoms with Crippen molar-refractivity contribution in [1.82, 2.24) is 9.97 Å². The first-order valence-corrected chi connectivity index (χ1v) is 4.95. The maximum atomic E-state index is 12.3. The molecule has 1 aromatic heterocycles. The van der Waals surface area contributed by atoms with Crippen LogP contribution in [0.25, 0.3) is 0 Å². The first kappa shape index (κ1) is 11.5. The highest BCUT2D eigenvalue weighted by Gasteiger charge is 2.29. The van der Waals surface area contributed by atoms with E-state index in [4.69, 9.17) is 0 Å². The van der Waals surface area contributed by atoms with E-state index >= 15 is 0 Å². The number of alkyl halides is 3. The second kappa shape index (κ2) is 4.48. The van der Waals surface area contributed by atoms with Gasteiger partial charge in [-0.15, -0.1) is 0 Å². The van der Waals surface area contributed by atoms with Crippen molar-refractivity contribution < 1.29 is 13.2 Å². The molecular weight excluding hydrogens is 231 g/mol. The van der Waals surface area contributed by atoms with Crippen LogP contribution in [0.3, 0.4) is 0 Å². The minimum absolute atomic E-state index is 0.443. The Hall–Kier alpha value is -1.98. The molecule has 1 aromatic carbocycles. The number of H-pyrrole nitrogens is 1. The van der Waals surface area contributed by atoms with Crippen LogP contribution in [-0.4, -0.2) is 9.97 Å². The zero-order valence-corrected chi connectivity index (χ0v) is 8.75. The molecule has 0 saturated carbocycles. The molecule has 0 aliphatic heterocycles. The van der Waals surface area contributed by atoms with E-state index in [0.29, 0.717) is 12.2 Å². The van der Waals surface area contributed by atoms with Crippen molar-refractivity contribution in [3.05, 3.63) is 48.0 Å². The van der Waals surface area contributed by atoms with Gasteiger partial charge in [0.05, 0.1) is 12.1 Å². The van der Waals surface area contributed by atoms with Gasteiger partial charge in [0, 0.05) is 18.1 Å². The molecule has 6 heteroatoms. The zero-order chi connectivity index (χ0) is 12.3. The smallest absolute Gasteiger partial charge is 0.378 e. The van der Waals surface area contributed by atoms with E-state index in [0.717, 1.165) is 18.0 Å². The van der Waals surface area contributed by atoms with Gasteiger partial charge in [-0.1, -0.05) is 0 Å². The van der Waals surface area contributed by atoms with E-state index in [1.54, 1.807) is 12.4 Å². The summed E-state index contributed by atoms with van der Waals surface area (Å²) in [6, 6.07) is 4.88. The minimum atomic E-state index is -4.29. The summed E-state index contributed by atoms with van der Waals surface area (Å²) in [5.41, 5.74) is -0.0320. The Morgan fingerprint density at radius 3 is 2.41 bits per heavy atom. The van der Waals surface area contributed by atoms with Gasteiger partial charge in [-0.05, 0) is 24.3 Å². The molecule has 90 valence electrons. The topological polar surface area (TPSA) is 40.7 Å². The fourth-order valence-corrected chi connectivity index (χ4v) is 1.36. The van der Waals surface area contributed by atoms with E-state index in [1.807, 2.05) is 0 Å². The Morgan fingerprint density at radius 1 is 1.18 bits per heavy atom. The van der Waals surface area contributed by atoms with Gasteiger partial charge in [0.15, 0.2) is 0 Å². The van der Waals surface area contributed by atoms with Crippen LogP contribution in [0, 0.1) is 0 Å². The highest BCUT2D eigenvalue weighted by molar-refractivity contribution is 5.45. The van der Waals surface area contributed by atoms with Gasteiger partial charge in [0.1, 0.15) is 5.82 Å². The van der Waals surface area contributed by atoms with Crippen LogP contribution in [0.15, 0.2) is 36.7 Å². The average molecular weight is 241 g/mol. The van der Waals surface area contributed by atoms with Gasteiger partial charge in [0.2, 0.25) is 0 Å². The lowest BCUT2D eigenvalue weighted by Gasteiger charge is -2.08. The molecule has 0 radical (unpaired) electrons. The van der Waals surface area contributed by atoms with Crippen molar-refractivity contribution >= 4 is 5.69 Å². The fourth-order valence-electron chi connectivity index (χ4n) is 1.36. The summed E-state index contributed by atoms with van der Waals surface area (Å²) in [5, 5.41) is 2.96. The monoisotopic (exact) mass is 241 g/mol. The van der Waals surface area contributed by atoms with Crippen LogP contribution in [0.4, 0.5) is 18.9 Å². The summed E-state index contributed by atoms with van der Waals surface area (Å²) in [6.45, 7) is 0.443. The Kier molecular flexibility index (Phi) is 3.03. The van der Waals surface area contributed by atoms with Crippen LogP contribution in [0.1, 0.15) is 11.4 Å². The first-order valence-electron chi connectivity index (χ1n) is 4.95. The number of hydrogen-bond acceptors (Lipinski definition) is 2. The van der Waals surface area contributed by atoms with E-state index in [9.17, 15) is 13.2 Å². The van der Waals surface area contributed by atoms with Gasteiger partial charge in [0.25, 0.3) is 0 Å². The summed E-state index contributed by atoms with van der Waals surface area (Å²) in [5.74, 6) is 0.727. The van der Waals surface area contributed by atoms with Gasteiger partial charge in [-0.25, -0.2) is 4.98 Å². The Morgan fingerprint density at radius 2 is 1.88 bits per heavy atom. The number of anilines is 1. The van der Waals surface area contributed by atoms with Gasteiger partial charge in [-0.2, -0.15) is 13.2 Å². The van der Waals surface area contributed by atoms with Crippen LogP contribution in [0.5, 0.6) is 0 Å². The predicted molar refractivity (Wildman–Crippen MR) is 57.4 cm³/mol. The molecule has 1 heterocycles. The first-order chi connectivity index (χ1) is 8.05. The van der Waals surface area contributed by atoms with Crippen LogP contribution >= 0.6 is 0 Å². The zero-order valence-electron chi connectivity index (χ0n) is 8.75. The molecule has 3 nitrogen and oxygen atoms in total. The Bertz CT molecular complexity index is 460. The predicted octanol–water partition coefficient (Wildman–Crippen LogP) is 3.04. The third-order valence-electron chi connectivity index (χ3n) is 2.23. The maximum absolute atomic E-state index is 12.3. The highest BCUT2D eigenvalue weighted by Crippen LogP contribution is 2.29. The molecule has 0 bridgehead atoms. The van der Waals surface area contributed by atoms with Crippen LogP contribution in [0.2, 0.25) is 0 Å². The van der Waals surface area contributed by atoms with Crippen molar-refractivity contribution in [2.24, 2.45) is 0 Å². The number of nitrogens with zero attached hydrogens (tertiary/aromatic N) is 1. The minimum Gasteiger partial charge on any atom is -0.378 e. The molecule has 0 fully saturated rings. The SMILES string of the molecule is FC(F)(F)c1ccc(NCc2ncc[nH]2)cc1. The van der Waals surface area contributed by atoms with E-state index < -0.39 is 11.7 Å². The number of hydrogen-bond donors (Lipinski definition) is 2. The fraction of sp³-hybridized carbons (Fsp3) is 0.182. The summed E-state index contributed by atoms with van der Waals surface area (Å²) in [4.78, 5) is 6.88. The largest absolute Gasteiger partial charge is 0.416 e. The summed E-state index contributed by atoms with van der Waals surface area (Å²) >= 11 is 0. The van der Waals surface area contributed by atoms with Crippen molar-refractivity contribution in [1.29, 1.82) is 0 Å². The molecular formula is C11H10F3N3. The number of aromatic nitrogens is 2. The molecule has 0 saturated heterocycles. The normalized spacial score (nSPS) is 11.5. The quantitative estimate of drug-likeness (QED) is 0.867. The third-order valence-corrected chi connectivity index (χ3v) is 2.23. The number of rotatable bonds is 3. The number of halogens is 3. The standard InChI is InChI=1S/C11H10F3N3/c12-11(13,14)8-1-3-9(4-2-8)17-7-10-15-5-6-16-10/h1-6,17H,7H2,(H,15,16). The highest BCUT2D eigenvalue weighted by atomic mass is 19.4. The molecule has 0 spiro atoms. The van der Waals surface area contributed by atoms with Crippen molar-refractivity contribution in [3.8, 4) is 0 Å². The molecule has 0 aliphatic rings. The van der Waals surface area contributed by atoms with Gasteiger partial charge >= 0.3 is 6.18 Å². The van der Waals surface area contributed by atoms with Crippen molar-refractivity contribution in [2.75, 3.05) is 5.32 Å². The maximum Gasteiger partial charge on any atom is 0.416 e. The number of nitrogens with one attached hydrogen (secondary N) is 2.